The molecule has 0 saturated heterocycles. The Morgan fingerprint density at radius 3 is 2.52 bits per heavy atom. The molecule has 1 aromatic heterocycles. The summed E-state index contributed by atoms with van der Waals surface area (Å²) in [6.45, 7) is 3.98. The number of para-hydroxylation sites is 1. The highest BCUT2D eigenvalue weighted by atomic mass is 16.1. The molecule has 2 unspecified atom stereocenters. The van der Waals surface area contributed by atoms with Crippen molar-refractivity contribution in [3.8, 4) is 0 Å². The zero-order valence-electron chi connectivity index (χ0n) is 13.5. The van der Waals surface area contributed by atoms with Gasteiger partial charge in [0.15, 0.2) is 0 Å². The number of H-pyrrole nitrogens is 1. The van der Waals surface area contributed by atoms with E-state index in [1.54, 1.807) is 0 Å². The molecule has 2 aromatic rings. The molecule has 0 saturated carbocycles. The average Bonchev–Trinajstić information content (AvgIpc) is 2.85. The number of hydrogen-bond donors (Lipinski definition) is 3. The first-order valence-corrected chi connectivity index (χ1v) is 8.08. The minimum absolute atomic E-state index is 0.0962. The van der Waals surface area contributed by atoms with Gasteiger partial charge < -0.3 is 16.5 Å². The summed E-state index contributed by atoms with van der Waals surface area (Å²) in [5.74, 6) is -1.20. The van der Waals surface area contributed by atoms with Crippen LogP contribution in [0.15, 0.2) is 24.3 Å². The number of aromatic nitrogens is 1. The number of carbonyl (C=O) groups excluding carboxylic acids is 2. The number of amides is 2. The van der Waals surface area contributed by atoms with Crippen LogP contribution in [0.3, 0.4) is 0 Å². The number of rotatable bonds is 4. The van der Waals surface area contributed by atoms with Crippen LogP contribution in [0.1, 0.15) is 37.4 Å². The zero-order valence-corrected chi connectivity index (χ0v) is 13.5. The highest BCUT2D eigenvalue weighted by Gasteiger charge is 2.40. The van der Waals surface area contributed by atoms with Gasteiger partial charge >= 0.3 is 0 Å². The third-order valence-electron chi connectivity index (χ3n) is 5.09. The molecule has 5 nitrogen and oxygen atoms in total. The predicted molar refractivity (Wildman–Crippen MR) is 89.6 cm³/mol. The maximum Gasteiger partial charge on any atom is 0.221 e. The second-order valence-corrected chi connectivity index (χ2v) is 6.88. The first-order chi connectivity index (χ1) is 10.9. The fourth-order valence-corrected chi connectivity index (χ4v) is 4.05. The lowest BCUT2D eigenvalue weighted by atomic mass is 9.70. The summed E-state index contributed by atoms with van der Waals surface area (Å²) in [6.07, 6.45) is 1.19. The van der Waals surface area contributed by atoms with E-state index >= 15 is 0 Å². The van der Waals surface area contributed by atoms with E-state index in [4.69, 9.17) is 11.5 Å². The lowest BCUT2D eigenvalue weighted by Gasteiger charge is -2.34. The molecular formula is C18H23N3O2. The molecule has 0 aliphatic heterocycles. The second kappa shape index (κ2) is 5.72. The van der Waals surface area contributed by atoms with Crippen molar-refractivity contribution in [3.63, 3.8) is 0 Å². The Morgan fingerprint density at radius 1 is 1.22 bits per heavy atom. The number of aromatic amines is 1. The van der Waals surface area contributed by atoms with Crippen LogP contribution in [-0.4, -0.2) is 16.8 Å². The summed E-state index contributed by atoms with van der Waals surface area (Å²) in [7, 11) is 0. The van der Waals surface area contributed by atoms with Gasteiger partial charge in [-0.3, -0.25) is 9.59 Å². The Bertz CT molecular complexity index is 763. The van der Waals surface area contributed by atoms with Gasteiger partial charge in [-0.2, -0.15) is 0 Å². The summed E-state index contributed by atoms with van der Waals surface area (Å²) < 4.78 is 0. The molecule has 2 amide bonds. The number of benzene rings is 1. The SMILES string of the molecule is CC(C)[C@H](C(N)=O)C1CC(C(N)=O)Cc2c1[nH]c1ccccc21. The van der Waals surface area contributed by atoms with Crippen molar-refractivity contribution in [1.82, 2.24) is 4.98 Å². The van der Waals surface area contributed by atoms with E-state index in [-0.39, 0.29) is 35.5 Å². The molecule has 1 aliphatic carbocycles. The van der Waals surface area contributed by atoms with E-state index in [9.17, 15) is 9.59 Å². The Labute approximate surface area is 135 Å². The van der Waals surface area contributed by atoms with Crippen LogP contribution >= 0.6 is 0 Å². The maximum atomic E-state index is 12.0. The van der Waals surface area contributed by atoms with Crippen molar-refractivity contribution < 1.29 is 9.59 Å². The molecule has 1 aromatic carbocycles. The van der Waals surface area contributed by atoms with Crippen LogP contribution in [0.5, 0.6) is 0 Å². The van der Waals surface area contributed by atoms with Crippen LogP contribution in [0, 0.1) is 17.8 Å². The van der Waals surface area contributed by atoms with Gasteiger partial charge in [0.2, 0.25) is 11.8 Å². The Morgan fingerprint density at radius 2 is 1.91 bits per heavy atom. The number of nitrogens with two attached hydrogens (primary N) is 2. The molecular weight excluding hydrogens is 290 g/mol. The normalized spacial score (nSPS) is 22.0. The molecule has 3 rings (SSSR count). The van der Waals surface area contributed by atoms with Gasteiger partial charge in [0.05, 0.1) is 0 Å². The third kappa shape index (κ3) is 2.60. The number of hydrogen-bond acceptors (Lipinski definition) is 2. The van der Waals surface area contributed by atoms with Gasteiger partial charge in [-0.05, 0) is 30.4 Å². The van der Waals surface area contributed by atoms with Gasteiger partial charge in [0, 0.05) is 34.4 Å². The minimum Gasteiger partial charge on any atom is -0.369 e. The van der Waals surface area contributed by atoms with Crippen molar-refractivity contribution in [3.05, 3.63) is 35.5 Å². The number of primary amides is 2. The lowest BCUT2D eigenvalue weighted by Crippen LogP contribution is -2.38. The monoisotopic (exact) mass is 313 g/mol. The van der Waals surface area contributed by atoms with E-state index in [1.165, 1.54) is 0 Å². The van der Waals surface area contributed by atoms with Gasteiger partial charge in [-0.25, -0.2) is 0 Å². The van der Waals surface area contributed by atoms with Crippen molar-refractivity contribution in [2.75, 3.05) is 0 Å². The summed E-state index contributed by atoms with van der Waals surface area (Å²) in [5, 5.41) is 1.10. The molecule has 5 N–H and O–H groups in total. The largest absolute Gasteiger partial charge is 0.369 e. The van der Waals surface area contributed by atoms with Crippen molar-refractivity contribution in [2.45, 2.75) is 32.6 Å². The van der Waals surface area contributed by atoms with Crippen molar-refractivity contribution >= 4 is 22.7 Å². The minimum atomic E-state index is -0.320. The summed E-state index contributed by atoms with van der Waals surface area (Å²) in [5.41, 5.74) is 14.4. The van der Waals surface area contributed by atoms with Crippen LogP contribution in [0.2, 0.25) is 0 Å². The molecule has 23 heavy (non-hydrogen) atoms. The number of carbonyl (C=O) groups is 2. The van der Waals surface area contributed by atoms with E-state index in [1.807, 2.05) is 38.1 Å². The van der Waals surface area contributed by atoms with E-state index in [2.05, 4.69) is 4.98 Å². The first-order valence-electron chi connectivity index (χ1n) is 8.08. The quantitative estimate of drug-likeness (QED) is 0.804. The van der Waals surface area contributed by atoms with Crippen molar-refractivity contribution in [1.29, 1.82) is 0 Å². The molecule has 5 heteroatoms. The van der Waals surface area contributed by atoms with Gasteiger partial charge in [-0.15, -0.1) is 0 Å². The standard InChI is InChI=1S/C18H23N3O2/c1-9(2)15(18(20)23)13-8-10(17(19)22)7-12-11-5-3-4-6-14(11)21-16(12)13/h3-6,9-10,13,15,21H,7-8H2,1-2H3,(H2,19,22)(H2,20,23)/t10?,13?,15-/m0/s1. The molecule has 1 heterocycles. The highest BCUT2D eigenvalue weighted by Crippen LogP contribution is 2.44. The Hall–Kier alpha value is -2.30. The molecule has 0 spiro atoms. The third-order valence-corrected chi connectivity index (χ3v) is 5.09. The number of fused-ring (bicyclic) bond motifs is 3. The van der Waals surface area contributed by atoms with Crippen LogP contribution in [0.4, 0.5) is 0 Å². The summed E-state index contributed by atoms with van der Waals surface area (Å²) in [4.78, 5) is 27.3. The molecule has 1 aliphatic rings. The predicted octanol–water partition coefficient (Wildman–Crippen LogP) is 2.06. The topological polar surface area (TPSA) is 102 Å². The fourth-order valence-electron chi connectivity index (χ4n) is 4.05. The average molecular weight is 313 g/mol. The van der Waals surface area contributed by atoms with E-state index in [0.29, 0.717) is 12.8 Å². The fraction of sp³-hybridized carbons (Fsp3) is 0.444. The van der Waals surface area contributed by atoms with Crippen LogP contribution < -0.4 is 11.5 Å². The van der Waals surface area contributed by atoms with E-state index < -0.39 is 0 Å². The molecule has 122 valence electrons. The van der Waals surface area contributed by atoms with Gasteiger partial charge in [0.1, 0.15) is 0 Å². The van der Waals surface area contributed by atoms with Crippen molar-refractivity contribution in [2.24, 2.45) is 29.2 Å². The molecule has 0 bridgehead atoms. The van der Waals surface area contributed by atoms with E-state index in [0.717, 1.165) is 22.2 Å². The Kier molecular flexibility index (Phi) is 3.88. The summed E-state index contributed by atoms with van der Waals surface area (Å²) in [6, 6.07) is 8.00. The van der Waals surface area contributed by atoms with Crippen LogP contribution in [0.25, 0.3) is 10.9 Å². The second-order valence-electron chi connectivity index (χ2n) is 6.88. The molecule has 0 radical (unpaired) electrons. The highest BCUT2D eigenvalue weighted by molar-refractivity contribution is 5.88. The maximum absolute atomic E-state index is 12.0. The first kappa shape index (κ1) is 15.6. The molecule has 3 atom stereocenters. The Balaban J connectivity index is 2.17. The van der Waals surface area contributed by atoms with Gasteiger partial charge in [0.25, 0.3) is 0 Å². The summed E-state index contributed by atoms with van der Waals surface area (Å²) >= 11 is 0. The van der Waals surface area contributed by atoms with Gasteiger partial charge in [-0.1, -0.05) is 32.0 Å². The van der Waals surface area contributed by atoms with Crippen LogP contribution in [-0.2, 0) is 16.0 Å². The zero-order chi connectivity index (χ0) is 16.7. The lowest BCUT2D eigenvalue weighted by molar-refractivity contribution is -0.126. The molecule has 0 fully saturated rings. The smallest absolute Gasteiger partial charge is 0.221 e. The number of nitrogens with one attached hydrogen (secondary N) is 1.